The van der Waals surface area contributed by atoms with Crippen molar-refractivity contribution in [2.75, 3.05) is 45.5 Å². The quantitative estimate of drug-likeness (QED) is 0.718. The second-order valence-electron chi connectivity index (χ2n) is 7.00. The van der Waals surface area contributed by atoms with Gasteiger partial charge in [0.15, 0.2) is 11.6 Å². The predicted octanol–water partition coefficient (Wildman–Crippen LogP) is 3.16. The summed E-state index contributed by atoms with van der Waals surface area (Å²) in [5, 5.41) is 3.11. The van der Waals surface area contributed by atoms with Gasteiger partial charge in [-0.25, -0.2) is 8.78 Å². The monoisotopic (exact) mass is 405 g/mol. The van der Waals surface area contributed by atoms with Crippen LogP contribution in [0.2, 0.25) is 0 Å². The molecular weight excluding hydrogens is 380 g/mol. The van der Waals surface area contributed by atoms with Crippen LogP contribution in [0.25, 0.3) is 0 Å². The molecule has 0 spiro atoms. The molecule has 1 aliphatic rings. The van der Waals surface area contributed by atoms with Crippen LogP contribution in [0.1, 0.15) is 11.6 Å². The van der Waals surface area contributed by atoms with Gasteiger partial charge < -0.3 is 10.2 Å². The van der Waals surface area contributed by atoms with Gasteiger partial charge in [0.25, 0.3) is 0 Å². The summed E-state index contributed by atoms with van der Waals surface area (Å²) >= 11 is 1.20. The number of amides is 1. The molecule has 7 heteroatoms. The summed E-state index contributed by atoms with van der Waals surface area (Å²) in [6.07, 6.45) is 0. The molecule has 1 atom stereocenters. The Balaban J connectivity index is 1.60. The van der Waals surface area contributed by atoms with E-state index in [4.69, 9.17) is 0 Å². The van der Waals surface area contributed by atoms with Crippen molar-refractivity contribution in [3.8, 4) is 0 Å². The maximum atomic E-state index is 13.3. The van der Waals surface area contributed by atoms with E-state index in [9.17, 15) is 13.6 Å². The van der Waals surface area contributed by atoms with Gasteiger partial charge in [-0.15, -0.1) is 11.8 Å². The number of nitrogens with zero attached hydrogens (tertiary/aromatic N) is 2. The lowest BCUT2D eigenvalue weighted by atomic mass is 10.1. The molecule has 2 aromatic carbocycles. The van der Waals surface area contributed by atoms with Gasteiger partial charge in [0.1, 0.15) is 0 Å². The van der Waals surface area contributed by atoms with Crippen LogP contribution in [-0.4, -0.2) is 61.2 Å². The number of likely N-dealkylation sites (N-methyl/N-ethyl adjacent to an activating group) is 1. The lowest BCUT2D eigenvalue weighted by molar-refractivity contribution is -0.119. The van der Waals surface area contributed by atoms with E-state index in [1.54, 1.807) is 0 Å². The topological polar surface area (TPSA) is 35.6 Å². The highest BCUT2D eigenvalue weighted by Gasteiger charge is 2.21. The fourth-order valence-corrected chi connectivity index (χ4v) is 3.89. The zero-order chi connectivity index (χ0) is 19.9. The van der Waals surface area contributed by atoms with Crippen LogP contribution in [0.5, 0.6) is 0 Å². The Kier molecular flexibility index (Phi) is 7.42. The number of halogens is 2. The average molecular weight is 406 g/mol. The number of benzene rings is 2. The number of hydrogen-bond donors (Lipinski definition) is 1. The first-order chi connectivity index (χ1) is 13.5. The van der Waals surface area contributed by atoms with Gasteiger partial charge in [-0.05, 0) is 30.8 Å². The Morgan fingerprint density at radius 1 is 1.07 bits per heavy atom. The molecule has 0 radical (unpaired) electrons. The van der Waals surface area contributed by atoms with Gasteiger partial charge in [-0.1, -0.05) is 30.3 Å². The van der Waals surface area contributed by atoms with Gasteiger partial charge in [0, 0.05) is 37.6 Å². The molecule has 1 N–H and O–H groups in total. The Morgan fingerprint density at radius 3 is 2.46 bits per heavy atom. The Labute approximate surface area is 168 Å². The van der Waals surface area contributed by atoms with Gasteiger partial charge >= 0.3 is 0 Å². The summed E-state index contributed by atoms with van der Waals surface area (Å²) in [5.41, 5.74) is 1.06. The number of nitrogens with one attached hydrogen (secondary N) is 1. The zero-order valence-corrected chi connectivity index (χ0v) is 16.7. The van der Waals surface area contributed by atoms with Crippen molar-refractivity contribution in [3.05, 3.63) is 65.7 Å². The van der Waals surface area contributed by atoms with Crippen molar-refractivity contribution < 1.29 is 13.6 Å². The summed E-state index contributed by atoms with van der Waals surface area (Å²) in [5.74, 6) is -1.76. The molecule has 2 aromatic rings. The van der Waals surface area contributed by atoms with Crippen LogP contribution in [0.4, 0.5) is 8.78 Å². The molecule has 0 bridgehead atoms. The lowest BCUT2D eigenvalue weighted by Gasteiger charge is -2.35. The first kappa shape index (κ1) is 20.8. The van der Waals surface area contributed by atoms with Gasteiger partial charge in [-0.2, -0.15) is 0 Å². The van der Waals surface area contributed by atoms with E-state index in [1.165, 1.54) is 17.8 Å². The molecule has 3 rings (SSSR count). The molecule has 1 fully saturated rings. The van der Waals surface area contributed by atoms with Crippen LogP contribution < -0.4 is 5.32 Å². The van der Waals surface area contributed by atoms with E-state index in [0.29, 0.717) is 4.90 Å². The number of carbonyl (C=O) groups is 1. The van der Waals surface area contributed by atoms with Crippen molar-refractivity contribution >= 4 is 17.7 Å². The van der Waals surface area contributed by atoms with Crippen molar-refractivity contribution in [2.24, 2.45) is 0 Å². The molecule has 0 aliphatic carbocycles. The van der Waals surface area contributed by atoms with Gasteiger partial charge in [-0.3, -0.25) is 9.69 Å². The van der Waals surface area contributed by atoms with Crippen LogP contribution >= 0.6 is 11.8 Å². The summed E-state index contributed by atoms with van der Waals surface area (Å²) in [4.78, 5) is 17.7. The van der Waals surface area contributed by atoms with Crippen molar-refractivity contribution in [3.63, 3.8) is 0 Å². The Hall–Kier alpha value is -1.96. The summed E-state index contributed by atoms with van der Waals surface area (Å²) in [7, 11) is 2.11. The van der Waals surface area contributed by atoms with E-state index in [1.807, 2.05) is 30.3 Å². The summed E-state index contributed by atoms with van der Waals surface area (Å²) < 4.78 is 26.4. The molecule has 1 heterocycles. The molecule has 0 aromatic heterocycles. The minimum absolute atomic E-state index is 0.109. The Morgan fingerprint density at radius 2 is 1.79 bits per heavy atom. The third kappa shape index (κ3) is 6.02. The number of piperazine rings is 1. The molecule has 0 saturated carbocycles. The second-order valence-corrected chi connectivity index (χ2v) is 8.05. The first-order valence-corrected chi connectivity index (χ1v) is 10.3. The SMILES string of the molecule is CN1CCN(CC(NC(=O)CSc2ccc(F)c(F)c2)c2ccccc2)CC1. The molecule has 1 saturated heterocycles. The third-order valence-electron chi connectivity index (χ3n) is 4.83. The normalized spacial score (nSPS) is 16.7. The lowest BCUT2D eigenvalue weighted by Crippen LogP contribution is -2.48. The largest absolute Gasteiger partial charge is 0.347 e. The third-order valence-corrected chi connectivity index (χ3v) is 5.83. The van der Waals surface area contributed by atoms with E-state index in [-0.39, 0.29) is 17.7 Å². The molecule has 28 heavy (non-hydrogen) atoms. The number of hydrogen-bond acceptors (Lipinski definition) is 4. The highest BCUT2D eigenvalue weighted by molar-refractivity contribution is 8.00. The smallest absolute Gasteiger partial charge is 0.230 e. The molecular formula is C21H25F2N3OS. The molecule has 1 unspecified atom stereocenters. The second kappa shape index (κ2) is 10.0. The van der Waals surface area contributed by atoms with E-state index in [2.05, 4.69) is 22.2 Å². The van der Waals surface area contributed by atoms with E-state index >= 15 is 0 Å². The number of rotatable bonds is 7. The standard InChI is InChI=1S/C21H25F2N3OS/c1-25-9-11-26(12-10-25)14-20(16-5-3-2-4-6-16)24-21(27)15-28-17-7-8-18(22)19(23)13-17/h2-8,13,20H,9-12,14-15H2,1H3,(H,24,27). The molecule has 150 valence electrons. The first-order valence-electron chi connectivity index (χ1n) is 9.34. The van der Waals surface area contributed by atoms with Crippen LogP contribution in [0.3, 0.4) is 0 Å². The fourth-order valence-electron chi connectivity index (χ4n) is 3.16. The maximum absolute atomic E-state index is 13.3. The molecule has 4 nitrogen and oxygen atoms in total. The summed E-state index contributed by atoms with van der Waals surface area (Å²) in [6, 6.07) is 13.5. The van der Waals surface area contributed by atoms with E-state index in [0.717, 1.165) is 50.4 Å². The highest BCUT2D eigenvalue weighted by Crippen LogP contribution is 2.21. The Bertz CT molecular complexity index is 782. The number of carbonyl (C=O) groups excluding carboxylic acids is 1. The highest BCUT2D eigenvalue weighted by atomic mass is 32.2. The minimum atomic E-state index is -0.900. The summed E-state index contributed by atoms with van der Waals surface area (Å²) in [6.45, 7) is 4.72. The minimum Gasteiger partial charge on any atom is -0.347 e. The predicted molar refractivity (Wildman–Crippen MR) is 108 cm³/mol. The van der Waals surface area contributed by atoms with Crippen molar-refractivity contribution in [2.45, 2.75) is 10.9 Å². The van der Waals surface area contributed by atoms with E-state index < -0.39 is 11.6 Å². The van der Waals surface area contributed by atoms with Crippen molar-refractivity contribution in [1.82, 2.24) is 15.1 Å². The van der Waals surface area contributed by atoms with Crippen LogP contribution in [0, 0.1) is 11.6 Å². The maximum Gasteiger partial charge on any atom is 0.230 e. The van der Waals surface area contributed by atoms with Gasteiger partial charge in [0.05, 0.1) is 11.8 Å². The zero-order valence-electron chi connectivity index (χ0n) is 15.9. The molecule has 1 aliphatic heterocycles. The van der Waals surface area contributed by atoms with Crippen LogP contribution in [0.15, 0.2) is 53.4 Å². The van der Waals surface area contributed by atoms with Gasteiger partial charge in [0.2, 0.25) is 5.91 Å². The fraction of sp³-hybridized carbons (Fsp3) is 0.381. The number of thioether (sulfide) groups is 1. The van der Waals surface area contributed by atoms with Crippen LogP contribution in [-0.2, 0) is 4.79 Å². The molecule has 1 amide bonds. The average Bonchev–Trinajstić information content (AvgIpc) is 2.71. The van der Waals surface area contributed by atoms with Crippen molar-refractivity contribution in [1.29, 1.82) is 0 Å².